The van der Waals surface area contributed by atoms with E-state index in [9.17, 15) is 0 Å². The van der Waals surface area contributed by atoms with E-state index in [-0.39, 0.29) is 0 Å². The van der Waals surface area contributed by atoms with Crippen molar-refractivity contribution in [2.75, 3.05) is 31.7 Å². The fraction of sp³-hybridized carbons (Fsp3) is 0.727. The number of nitrogens with zero attached hydrogens (tertiary/aromatic N) is 2. The SMILES string of the molecule is CN(CCOCC1CC1)c1nc(CN)cs1. The van der Waals surface area contributed by atoms with Gasteiger partial charge in [-0.1, -0.05) is 0 Å². The number of ether oxygens (including phenoxy) is 1. The monoisotopic (exact) mass is 241 g/mol. The van der Waals surface area contributed by atoms with Crippen LogP contribution >= 0.6 is 11.3 Å². The van der Waals surface area contributed by atoms with Gasteiger partial charge in [0.25, 0.3) is 0 Å². The molecule has 0 radical (unpaired) electrons. The molecule has 0 unspecified atom stereocenters. The van der Waals surface area contributed by atoms with Gasteiger partial charge < -0.3 is 15.4 Å². The molecular weight excluding hydrogens is 222 g/mol. The maximum Gasteiger partial charge on any atom is 0.185 e. The third-order valence-electron chi connectivity index (χ3n) is 2.70. The Morgan fingerprint density at radius 1 is 1.62 bits per heavy atom. The number of nitrogens with two attached hydrogens (primary N) is 1. The standard InChI is InChI=1S/C11H19N3OS/c1-14(4-5-15-7-9-2-3-9)11-13-10(6-12)8-16-11/h8-9H,2-7,12H2,1H3. The second-order valence-electron chi connectivity index (χ2n) is 4.27. The number of anilines is 1. The quantitative estimate of drug-likeness (QED) is 0.734. The Bertz CT molecular complexity index is 325. The first-order chi connectivity index (χ1) is 7.79. The van der Waals surface area contributed by atoms with Crippen LogP contribution in [0.15, 0.2) is 5.38 Å². The summed E-state index contributed by atoms with van der Waals surface area (Å²) in [5.74, 6) is 0.842. The maximum atomic E-state index is 5.59. The molecule has 0 amide bonds. The summed E-state index contributed by atoms with van der Waals surface area (Å²) in [7, 11) is 2.04. The Balaban J connectivity index is 1.67. The van der Waals surface area contributed by atoms with Gasteiger partial charge in [-0.25, -0.2) is 4.98 Å². The molecule has 1 aromatic rings. The number of hydrogen-bond donors (Lipinski definition) is 1. The van der Waals surface area contributed by atoms with Crippen LogP contribution in [-0.2, 0) is 11.3 Å². The molecule has 16 heavy (non-hydrogen) atoms. The molecule has 0 spiro atoms. The van der Waals surface area contributed by atoms with E-state index in [1.807, 2.05) is 12.4 Å². The second-order valence-corrected chi connectivity index (χ2v) is 5.10. The van der Waals surface area contributed by atoms with Gasteiger partial charge in [-0.05, 0) is 18.8 Å². The Kier molecular flexibility index (Phi) is 4.15. The summed E-state index contributed by atoms with van der Waals surface area (Å²) in [5.41, 5.74) is 6.49. The molecule has 1 saturated carbocycles. The molecular formula is C11H19N3OS. The predicted molar refractivity (Wildman–Crippen MR) is 66.8 cm³/mol. The molecule has 1 fully saturated rings. The topological polar surface area (TPSA) is 51.4 Å². The molecule has 0 aliphatic heterocycles. The average Bonchev–Trinajstić information content (AvgIpc) is 2.99. The number of likely N-dealkylation sites (N-methyl/N-ethyl adjacent to an activating group) is 1. The third-order valence-corrected chi connectivity index (χ3v) is 3.70. The lowest BCUT2D eigenvalue weighted by Crippen LogP contribution is -2.22. The minimum absolute atomic E-state index is 0.516. The maximum absolute atomic E-state index is 5.59. The zero-order valence-electron chi connectivity index (χ0n) is 9.69. The van der Waals surface area contributed by atoms with E-state index in [0.717, 1.165) is 36.5 Å². The molecule has 2 rings (SSSR count). The Hall–Kier alpha value is -0.650. The summed E-state index contributed by atoms with van der Waals surface area (Å²) < 4.78 is 5.59. The molecule has 1 heterocycles. The highest BCUT2D eigenvalue weighted by Gasteiger charge is 2.21. The average molecular weight is 241 g/mol. The fourth-order valence-corrected chi connectivity index (χ4v) is 2.23. The lowest BCUT2D eigenvalue weighted by atomic mass is 10.5. The van der Waals surface area contributed by atoms with Crippen LogP contribution in [0.2, 0.25) is 0 Å². The summed E-state index contributed by atoms with van der Waals surface area (Å²) in [4.78, 5) is 6.54. The lowest BCUT2D eigenvalue weighted by molar-refractivity contribution is 0.131. The first-order valence-electron chi connectivity index (χ1n) is 5.73. The molecule has 4 nitrogen and oxygen atoms in total. The van der Waals surface area contributed by atoms with Crippen LogP contribution in [0.1, 0.15) is 18.5 Å². The van der Waals surface area contributed by atoms with Crippen LogP contribution in [0, 0.1) is 5.92 Å². The zero-order valence-corrected chi connectivity index (χ0v) is 10.5. The second kappa shape index (κ2) is 5.61. The molecule has 0 bridgehead atoms. The third kappa shape index (κ3) is 3.43. The van der Waals surface area contributed by atoms with Crippen molar-refractivity contribution in [3.63, 3.8) is 0 Å². The van der Waals surface area contributed by atoms with Gasteiger partial charge in [0.1, 0.15) is 0 Å². The smallest absolute Gasteiger partial charge is 0.185 e. The van der Waals surface area contributed by atoms with E-state index in [1.54, 1.807) is 11.3 Å². The Labute approximate surface area is 100 Å². The van der Waals surface area contributed by atoms with Crippen LogP contribution in [-0.4, -0.2) is 31.8 Å². The Morgan fingerprint density at radius 3 is 3.06 bits per heavy atom. The predicted octanol–water partition coefficient (Wildman–Crippen LogP) is 1.46. The first-order valence-corrected chi connectivity index (χ1v) is 6.61. The number of thiazole rings is 1. The van der Waals surface area contributed by atoms with Crippen molar-refractivity contribution in [1.82, 2.24) is 4.98 Å². The highest BCUT2D eigenvalue weighted by molar-refractivity contribution is 7.13. The minimum atomic E-state index is 0.516. The van der Waals surface area contributed by atoms with Crippen LogP contribution < -0.4 is 10.6 Å². The van der Waals surface area contributed by atoms with Crippen molar-refractivity contribution in [2.24, 2.45) is 11.7 Å². The number of rotatable bonds is 7. The molecule has 5 heteroatoms. The van der Waals surface area contributed by atoms with Crippen LogP contribution in [0.5, 0.6) is 0 Å². The molecule has 0 aromatic carbocycles. The van der Waals surface area contributed by atoms with Gasteiger partial charge in [-0.3, -0.25) is 0 Å². The van der Waals surface area contributed by atoms with Crippen LogP contribution in [0.3, 0.4) is 0 Å². The summed E-state index contributed by atoms with van der Waals surface area (Å²) in [6, 6.07) is 0. The van der Waals surface area contributed by atoms with E-state index >= 15 is 0 Å². The van der Waals surface area contributed by atoms with Crippen molar-refractivity contribution >= 4 is 16.5 Å². The molecule has 0 saturated heterocycles. The van der Waals surface area contributed by atoms with E-state index in [2.05, 4.69) is 9.88 Å². The normalized spacial score (nSPS) is 15.4. The Morgan fingerprint density at radius 2 is 2.44 bits per heavy atom. The molecule has 0 atom stereocenters. The molecule has 1 aromatic heterocycles. The highest BCUT2D eigenvalue weighted by Crippen LogP contribution is 2.28. The molecule has 1 aliphatic carbocycles. The minimum Gasteiger partial charge on any atom is -0.379 e. The van der Waals surface area contributed by atoms with E-state index in [4.69, 9.17) is 10.5 Å². The summed E-state index contributed by atoms with van der Waals surface area (Å²) in [6.07, 6.45) is 2.70. The van der Waals surface area contributed by atoms with Crippen molar-refractivity contribution in [1.29, 1.82) is 0 Å². The van der Waals surface area contributed by atoms with Gasteiger partial charge in [-0.15, -0.1) is 11.3 Å². The van der Waals surface area contributed by atoms with E-state index in [0.29, 0.717) is 6.54 Å². The number of hydrogen-bond acceptors (Lipinski definition) is 5. The summed E-state index contributed by atoms with van der Waals surface area (Å²) >= 11 is 1.64. The summed E-state index contributed by atoms with van der Waals surface area (Å²) in [5, 5.41) is 3.03. The first kappa shape index (κ1) is 11.8. The van der Waals surface area contributed by atoms with Crippen molar-refractivity contribution in [3.05, 3.63) is 11.1 Å². The van der Waals surface area contributed by atoms with Crippen LogP contribution in [0.25, 0.3) is 0 Å². The van der Waals surface area contributed by atoms with Crippen molar-refractivity contribution in [3.8, 4) is 0 Å². The lowest BCUT2D eigenvalue weighted by Gasteiger charge is -2.15. The van der Waals surface area contributed by atoms with Crippen LogP contribution in [0.4, 0.5) is 5.13 Å². The molecule has 1 aliphatic rings. The highest BCUT2D eigenvalue weighted by atomic mass is 32.1. The van der Waals surface area contributed by atoms with E-state index in [1.165, 1.54) is 12.8 Å². The van der Waals surface area contributed by atoms with Gasteiger partial charge in [0.05, 0.1) is 12.3 Å². The van der Waals surface area contributed by atoms with Gasteiger partial charge in [0, 0.05) is 32.1 Å². The van der Waals surface area contributed by atoms with Gasteiger partial charge >= 0.3 is 0 Å². The largest absolute Gasteiger partial charge is 0.379 e. The zero-order chi connectivity index (χ0) is 11.4. The van der Waals surface area contributed by atoms with Gasteiger partial charge in [0.2, 0.25) is 0 Å². The van der Waals surface area contributed by atoms with E-state index < -0.39 is 0 Å². The van der Waals surface area contributed by atoms with Crippen molar-refractivity contribution < 1.29 is 4.74 Å². The molecule has 90 valence electrons. The van der Waals surface area contributed by atoms with Gasteiger partial charge in [-0.2, -0.15) is 0 Å². The van der Waals surface area contributed by atoms with Gasteiger partial charge in [0.15, 0.2) is 5.13 Å². The fourth-order valence-electron chi connectivity index (χ4n) is 1.40. The van der Waals surface area contributed by atoms with Crippen molar-refractivity contribution in [2.45, 2.75) is 19.4 Å². The molecule has 2 N–H and O–H groups in total. The summed E-state index contributed by atoms with van der Waals surface area (Å²) in [6.45, 7) is 3.12. The number of aromatic nitrogens is 1.